The summed E-state index contributed by atoms with van der Waals surface area (Å²) in [6, 6.07) is 17.6. The van der Waals surface area contributed by atoms with Crippen molar-refractivity contribution in [1.29, 1.82) is 0 Å². The molecule has 0 spiro atoms. The Kier molecular flexibility index (Phi) is 8.71. The summed E-state index contributed by atoms with van der Waals surface area (Å²) in [5.74, 6) is 0.939. The van der Waals surface area contributed by atoms with Gasteiger partial charge in [0, 0.05) is 52.0 Å². The Labute approximate surface area is 257 Å². The minimum Gasteiger partial charge on any atom is -0.491 e. The van der Waals surface area contributed by atoms with E-state index >= 15 is 0 Å². The highest BCUT2D eigenvalue weighted by atomic mass is 127. The Hall–Kier alpha value is -2.80. The number of hydrogen-bond acceptors (Lipinski definition) is 3. The van der Waals surface area contributed by atoms with E-state index in [0.717, 1.165) is 76.9 Å². The average Bonchev–Trinajstić information content (AvgIpc) is 3.69. The maximum absolute atomic E-state index is 14.2. The predicted octanol–water partition coefficient (Wildman–Crippen LogP) is 9.15. The van der Waals surface area contributed by atoms with E-state index in [2.05, 4.69) is 94.9 Å². The number of hydrogen-bond donors (Lipinski definition) is 2. The number of ketones is 1. The van der Waals surface area contributed by atoms with Gasteiger partial charge >= 0.3 is 0 Å². The second-order valence-corrected chi connectivity index (χ2v) is 12.9. The molecule has 2 aliphatic carbocycles. The van der Waals surface area contributed by atoms with Crippen molar-refractivity contribution < 1.29 is 9.53 Å². The number of dihydropyridines is 1. The van der Waals surface area contributed by atoms with Gasteiger partial charge in [0.2, 0.25) is 0 Å². The van der Waals surface area contributed by atoms with Crippen LogP contribution in [-0.4, -0.2) is 21.3 Å². The van der Waals surface area contributed by atoms with Crippen LogP contribution in [0.25, 0.3) is 10.9 Å². The number of carbonyl (C=O) groups is 1. The van der Waals surface area contributed by atoms with Crippen molar-refractivity contribution in [3.8, 4) is 0 Å². The summed E-state index contributed by atoms with van der Waals surface area (Å²) in [5.41, 5.74) is 9.03. The lowest BCUT2D eigenvalue weighted by molar-refractivity contribution is -0.116. The summed E-state index contributed by atoms with van der Waals surface area (Å²) >= 11 is 2.45. The van der Waals surface area contributed by atoms with E-state index in [1.165, 1.54) is 41.2 Å². The van der Waals surface area contributed by atoms with Crippen LogP contribution in [0.15, 0.2) is 89.6 Å². The van der Waals surface area contributed by atoms with E-state index in [4.69, 9.17) is 4.74 Å². The zero-order chi connectivity index (χ0) is 28.3. The number of fused-ring (bicyclic) bond motifs is 1. The highest BCUT2D eigenvalue weighted by Crippen LogP contribution is 2.49. The van der Waals surface area contributed by atoms with Crippen LogP contribution in [0.5, 0.6) is 0 Å². The molecule has 3 aromatic rings. The van der Waals surface area contributed by atoms with Crippen LogP contribution in [0.3, 0.4) is 0 Å². The van der Waals surface area contributed by atoms with Crippen molar-refractivity contribution in [2.75, 3.05) is 4.43 Å². The van der Waals surface area contributed by atoms with E-state index in [1.807, 2.05) is 6.20 Å². The first-order valence-electron chi connectivity index (χ1n) is 15.4. The number of carbonyl (C=O) groups excluding carboxylic acids is 1. The lowest BCUT2D eigenvalue weighted by Crippen LogP contribution is -2.35. The number of allylic oxidation sites excluding steroid dienone is 4. The predicted molar refractivity (Wildman–Crippen MR) is 176 cm³/mol. The minimum atomic E-state index is -0.191. The molecule has 0 saturated heterocycles. The molecule has 1 aromatic heterocycles. The van der Waals surface area contributed by atoms with Crippen molar-refractivity contribution in [3.63, 3.8) is 0 Å². The standard InChI is InChI=1S/C36H41IN2O2/c1-3-30-34(23(2)41-27-10-4-5-11-27)35(29-12-8-13-31-28(29)18-20-38-31)36-32(39-30)21-26(22-33(36)40)25-16-14-24(15-17-25)9-6-7-19-37/h8,12-18,20,26-27,35,38-39H,2-7,9-11,19,21-22H2,1H3. The Balaban J connectivity index is 1.37. The molecule has 2 aromatic carbocycles. The van der Waals surface area contributed by atoms with Gasteiger partial charge in [0.25, 0.3) is 0 Å². The van der Waals surface area contributed by atoms with Crippen LogP contribution < -0.4 is 5.32 Å². The van der Waals surface area contributed by atoms with Crippen molar-refractivity contribution in [2.24, 2.45) is 0 Å². The van der Waals surface area contributed by atoms with Gasteiger partial charge in [-0.3, -0.25) is 4.79 Å². The van der Waals surface area contributed by atoms with Gasteiger partial charge in [-0.2, -0.15) is 0 Å². The molecule has 1 fully saturated rings. The summed E-state index contributed by atoms with van der Waals surface area (Å²) in [5, 5.41) is 4.92. The molecule has 1 aliphatic heterocycles. The molecule has 41 heavy (non-hydrogen) atoms. The number of rotatable bonds is 10. The number of aromatic amines is 1. The van der Waals surface area contributed by atoms with Crippen molar-refractivity contribution >= 4 is 39.3 Å². The van der Waals surface area contributed by atoms with E-state index in [1.54, 1.807) is 0 Å². The van der Waals surface area contributed by atoms with Gasteiger partial charge in [-0.25, -0.2) is 0 Å². The monoisotopic (exact) mass is 660 g/mol. The molecule has 2 unspecified atom stereocenters. The zero-order valence-electron chi connectivity index (χ0n) is 24.1. The summed E-state index contributed by atoms with van der Waals surface area (Å²) in [4.78, 5) is 17.6. The summed E-state index contributed by atoms with van der Waals surface area (Å²) in [7, 11) is 0. The normalized spacial score (nSPS) is 21.4. The lowest BCUT2D eigenvalue weighted by atomic mass is 9.70. The van der Waals surface area contributed by atoms with E-state index in [0.29, 0.717) is 6.42 Å². The molecular weight excluding hydrogens is 619 g/mol. The maximum Gasteiger partial charge on any atom is 0.162 e. The first-order valence-corrected chi connectivity index (χ1v) is 16.9. The fourth-order valence-corrected chi connectivity index (χ4v) is 7.66. The summed E-state index contributed by atoms with van der Waals surface area (Å²) < 4.78 is 7.75. The van der Waals surface area contributed by atoms with E-state index < -0.39 is 0 Å². The molecule has 2 heterocycles. The molecule has 0 amide bonds. The van der Waals surface area contributed by atoms with Gasteiger partial charge < -0.3 is 15.0 Å². The fraction of sp³-hybridized carbons (Fsp3) is 0.417. The first kappa shape index (κ1) is 28.3. The molecule has 214 valence electrons. The largest absolute Gasteiger partial charge is 0.491 e. The number of halogens is 1. The number of ether oxygens (including phenoxy) is 1. The average molecular weight is 661 g/mol. The number of Topliss-reactive ketones (excluding diaryl/α,β-unsaturated/α-hetero) is 1. The van der Waals surface area contributed by atoms with Gasteiger partial charge in [-0.15, -0.1) is 0 Å². The molecule has 6 rings (SSSR count). The van der Waals surface area contributed by atoms with Crippen LogP contribution in [0.4, 0.5) is 0 Å². The molecular formula is C36H41IN2O2. The van der Waals surface area contributed by atoms with Gasteiger partial charge in [0.15, 0.2) is 5.78 Å². The number of unbranched alkanes of at least 4 members (excludes halogenated alkanes) is 1. The third-order valence-electron chi connectivity index (χ3n) is 9.22. The molecule has 4 nitrogen and oxygen atoms in total. The molecule has 5 heteroatoms. The molecule has 2 N–H and O–H groups in total. The van der Waals surface area contributed by atoms with Crippen molar-refractivity contribution in [2.45, 2.75) is 89.1 Å². The number of aromatic nitrogens is 1. The Morgan fingerprint density at radius 3 is 2.61 bits per heavy atom. The molecule has 2 atom stereocenters. The van der Waals surface area contributed by atoms with Gasteiger partial charge in [0.05, 0.1) is 6.10 Å². The first-order chi connectivity index (χ1) is 20.1. The van der Waals surface area contributed by atoms with Crippen LogP contribution in [-0.2, 0) is 16.0 Å². The maximum atomic E-state index is 14.2. The molecule has 0 radical (unpaired) electrons. The van der Waals surface area contributed by atoms with Crippen LogP contribution >= 0.6 is 22.6 Å². The Bertz CT molecular complexity index is 1490. The quantitative estimate of drug-likeness (QED) is 0.0988. The SMILES string of the molecule is C=C(OC1CCCC1)C1=C(CC)NC2=C(C(=O)CC(c3ccc(CCCCI)cc3)C2)C1c1cccc2[nH]ccc12. The Morgan fingerprint density at radius 1 is 1.05 bits per heavy atom. The van der Waals surface area contributed by atoms with Crippen molar-refractivity contribution in [1.82, 2.24) is 10.3 Å². The van der Waals surface area contributed by atoms with E-state index in [9.17, 15) is 4.79 Å². The number of aryl methyl sites for hydroxylation is 1. The zero-order valence-corrected chi connectivity index (χ0v) is 26.3. The Morgan fingerprint density at radius 2 is 1.85 bits per heavy atom. The van der Waals surface area contributed by atoms with Gasteiger partial charge in [-0.05, 0) is 97.0 Å². The van der Waals surface area contributed by atoms with Crippen LogP contribution in [0, 0.1) is 0 Å². The third-order valence-corrected chi connectivity index (χ3v) is 9.98. The molecule has 0 bridgehead atoms. The van der Waals surface area contributed by atoms with Gasteiger partial charge in [0.1, 0.15) is 5.76 Å². The van der Waals surface area contributed by atoms with Crippen LogP contribution in [0.1, 0.15) is 93.2 Å². The van der Waals surface area contributed by atoms with Crippen LogP contribution in [0.2, 0.25) is 0 Å². The summed E-state index contributed by atoms with van der Waals surface area (Å²) in [6.45, 7) is 6.67. The molecule has 1 saturated carbocycles. The fourth-order valence-electron chi connectivity index (χ4n) is 7.12. The van der Waals surface area contributed by atoms with E-state index in [-0.39, 0.29) is 23.7 Å². The number of H-pyrrole nitrogens is 1. The number of nitrogens with one attached hydrogen (secondary N) is 2. The minimum absolute atomic E-state index is 0.179. The highest BCUT2D eigenvalue weighted by molar-refractivity contribution is 14.1. The second kappa shape index (κ2) is 12.6. The summed E-state index contributed by atoms with van der Waals surface area (Å²) in [6.07, 6.45) is 12.5. The van der Waals surface area contributed by atoms with Gasteiger partial charge in [-0.1, -0.05) is 72.5 Å². The smallest absolute Gasteiger partial charge is 0.162 e. The number of alkyl halides is 1. The highest BCUT2D eigenvalue weighted by Gasteiger charge is 2.41. The van der Waals surface area contributed by atoms with Crippen molar-refractivity contribution in [3.05, 3.63) is 106 Å². The molecule has 3 aliphatic rings. The lowest BCUT2D eigenvalue weighted by Gasteiger charge is -2.39. The number of benzene rings is 2. The second-order valence-electron chi connectivity index (χ2n) is 11.8. The third kappa shape index (κ3) is 5.79. The topological polar surface area (TPSA) is 54.1 Å².